The molecule has 1 N–H and O–H groups in total. The van der Waals surface area contributed by atoms with Crippen LogP contribution in [0.25, 0.3) is 0 Å². The molecule has 8 heteroatoms. The predicted molar refractivity (Wildman–Crippen MR) is 67.7 cm³/mol. The monoisotopic (exact) mass is 308 g/mol. The van der Waals surface area contributed by atoms with Crippen molar-refractivity contribution in [3.63, 3.8) is 0 Å². The van der Waals surface area contributed by atoms with Crippen molar-refractivity contribution in [3.8, 4) is 0 Å². The van der Waals surface area contributed by atoms with Crippen LogP contribution in [0.5, 0.6) is 0 Å². The van der Waals surface area contributed by atoms with Crippen LogP contribution in [0.15, 0.2) is 29.2 Å². The number of hydrogen-bond donors (Lipinski definition) is 1. The molecule has 112 valence electrons. The Balaban J connectivity index is 2.44. The molecule has 1 heterocycles. The van der Waals surface area contributed by atoms with E-state index in [0.29, 0.717) is 19.5 Å². The Hall–Kier alpha value is -1.12. The summed E-state index contributed by atoms with van der Waals surface area (Å²) in [5, 5.41) is 3.02. The highest BCUT2D eigenvalue weighted by atomic mass is 32.2. The Bertz CT molecular complexity index is 564. The van der Waals surface area contributed by atoms with Crippen LogP contribution in [0.4, 0.5) is 13.2 Å². The lowest BCUT2D eigenvalue weighted by Crippen LogP contribution is -2.35. The molecule has 0 unspecified atom stereocenters. The van der Waals surface area contributed by atoms with Gasteiger partial charge in [-0.15, -0.1) is 0 Å². The first kappa shape index (κ1) is 15.3. The zero-order valence-corrected chi connectivity index (χ0v) is 11.5. The summed E-state index contributed by atoms with van der Waals surface area (Å²) in [5.74, 6) is 0. The minimum absolute atomic E-state index is 0.175. The first-order valence-electron chi connectivity index (χ1n) is 6.20. The molecule has 1 aliphatic rings. The molecule has 1 fully saturated rings. The van der Waals surface area contributed by atoms with Gasteiger partial charge in [0, 0.05) is 19.6 Å². The second-order valence-electron chi connectivity index (χ2n) is 4.50. The molecule has 0 atom stereocenters. The zero-order chi connectivity index (χ0) is 14.8. The Morgan fingerprint density at radius 3 is 2.50 bits per heavy atom. The van der Waals surface area contributed by atoms with Gasteiger partial charge in [0.1, 0.15) is 0 Å². The van der Waals surface area contributed by atoms with Crippen molar-refractivity contribution < 1.29 is 21.6 Å². The Kier molecular flexibility index (Phi) is 4.36. The molecule has 0 aromatic heterocycles. The summed E-state index contributed by atoms with van der Waals surface area (Å²) in [6.07, 6.45) is -4.11. The lowest BCUT2D eigenvalue weighted by atomic mass is 10.2. The van der Waals surface area contributed by atoms with E-state index in [9.17, 15) is 21.6 Å². The summed E-state index contributed by atoms with van der Waals surface area (Å²) in [6.45, 7) is 1.50. The SMILES string of the molecule is O=S(=O)(c1ccccc1C(F)(F)F)N1CCCNCC1. The highest BCUT2D eigenvalue weighted by Crippen LogP contribution is 2.35. The van der Waals surface area contributed by atoms with E-state index in [1.54, 1.807) is 0 Å². The number of halogens is 3. The molecule has 20 heavy (non-hydrogen) atoms. The minimum Gasteiger partial charge on any atom is -0.315 e. The Labute approximate surface area is 115 Å². The number of nitrogens with zero attached hydrogens (tertiary/aromatic N) is 1. The van der Waals surface area contributed by atoms with E-state index in [1.165, 1.54) is 12.1 Å². The summed E-state index contributed by atoms with van der Waals surface area (Å²) in [6, 6.07) is 4.30. The van der Waals surface area contributed by atoms with E-state index in [1.807, 2.05) is 0 Å². The molecule has 1 aromatic carbocycles. The normalized spacial score (nSPS) is 18.8. The van der Waals surface area contributed by atoms with Crippen molar-refractivity contribution in [3.05, 3.63) is 29.8 Å². The second-order valence-corrected chi connectivity index (χ2v) is 6.41. The van der Waals surface area contributed by atoms with Gasteiger partial charge in [0.15, 0.2) is 0 Å². The topological polar surface area (TPSA) is 49.4 Å². The molecule has 2 rings (SSSR count). The van der Waals surface area contributed by atoms with Crippen LogP contribution in [-0.4, -0.2) is 38.9 Å². The molecule has 1 aliphatic heterocycles. The van der Waals surface area contributed by atoms with Crippen molar-refractivity contribution in [2.24, 2.45) is 0 Å². The molecule has 0 spiro atoms. The molecule has 0 saturated carbocycles. The van der Waals surface area contributed by atoms with Crippen LogP contribution in [0, 0.1) is 0 Å². The summed E-state index contributed by atoms with van der Waals surface area (Å²) >= 11 is 0. The Morgan fingerprint density at radius 2 is 1.80 bits per heavy atom. The summed E-state index contributed by atoms with van der Waals surface area (Å²) < 4.78 is 64.7. The highest BCUT2D eigenvalue weighted by Gasteiger charge is 2.38. The van der Waals surface area contributed by atoms with E-state index in [0.717, 1.165) is 16.4 Å². The van der Waals surface area contributed by atoms with Gasteiger partial charge in [0.05, 0.1) is 10.5 Å². The van der Waals surface area contributed by atoms with Crippen LogP contribution >= 0.6 is 0 Å². The highest BCUT2D eigenvalue weighted by molar-refractivity contribution is 7.89. The fourth-order valence-electron chi connectivity index (χ4n) is 2.13. The van der Waals surface area contributed by atoms with Crippen molar-refractivity contribution in [1.82, 2.24) is 9.62 Å². The largest absolute Gasteiger partial charge is 0.417 e. The van der Waals surface area contributed by atoms with Gasteiger partial charge in [-0.1, -0.05) is 12.1 Å². The second kappa shape index (κ2) is 5.71. The lowest BCUT2D eigenvalue weighted by molar-refractivity contribution is -0.139. The molecular formula is C12H15F3N2O2S. The predicted octanol–water partition coefficient (Wildman–Crippen LogP) is 1.69. The summed E-state index contributed by atoms with van der Waals surface area (Å²) in [4.78, 5) is -0.672. The van der Waals surface area contributed by atoms with Crippen LogP contribution in [0.3, 0.4) is 0 Å². The smallest absolute Gasteiger partial charge is 0.315 e. The average molecular weight is 308 g/mol. The van der Waals surface area contributed by atoms with E-state index in [2.05, 4.69) is 5.32 Å². The minimum atomic E-state index is -4.69. The molecule has 4 nitrogen and oxygen atoms in total. The van der Waals surface area contributed by atoms with Gasteiger partial charge in [-0.2, -0.15) is 17.5 Å². The maximum Gasteiger partial charge on any atom is 0.417 e. The third kappa shape index (κ3) is 3.13. The van der Waals surface area contributed by atoms with E-state index in [-0.39, 0.29) is 13.1 Å². The van der Waals surface area contributed by atoms with Gasteiger partial charge in [-0.25, -0.2) is 8.42 Å². The maximum absolute atomic E-state index is 12.9. The van der Waals surface area contributed by atoms with Crippen LogP contribution in [-0.2, 0) is 16.2 Å². The fourth-order valence-corrected chi connectivity index (χ4v) is 3.82. The van der Waals surface area contributed by atoms with Crippen molar-refractivity contribution in [2.45, 2.75) is 17.5 Å². The number of nitrogens with one attached hydrogen (secondary N) is 1. The van der Waals surface area contributed by atoms with Gasteiger partial charge >= 0.3 is 6.18 Å². The van der Waals surface area contributed by atoms with Crippen LogP contribution < -0.4 is 5.32 Å². The van der Waals surface area contributed by atoms with Crippen LogP contribution in [0.1, 0.15) is 12.0 Å². The number of benzene rings is 1. The number of alkyl halides is 3. The molecule has 0 bridgehead atoms. The number of hydrogen-bond acceptors (Lipinski definition) is 3. The maximum atomic E-state index is 12.9. The molecule has 1 saturated heterocycles. The number of rotatable bonds is 2. The number of sulfonamides is 1. The zero-order valence-electron chi connectivity index (χ0n) is 10.7. The summed E-state index contributed by atoms with van der Waals surface area (Å²) in [5.41, 5.74) is -1.11. The molecule has 0 aliphatic carbocycles. The molecule has 0 amide bonds. The van der Waals surface area contributed by atoms with Gasteiger partial charge in [-0.3, -0.25) is 0 Å². The fraction of sp³-hybridized carbons (Fsp3) is 0.500. The van der Waals surface area contributed by atoms with E-state index in [4.69, 9.17) is 0 Å². The van der Waals surface area contributed by atoms with E-state index < -0.39 is 26.7 Å². The molecular weight excluding hydrogens is 293 g/mol. The van der Waals surface area contributed by atoms with Gasteiger partial charge < -0.3 is 5.32 Å². The quantitative estimate of drug-likeness (QED) is 0.904. The third-order valence-electron chi connectivity index (χ3n) is 3.11. The van der Waals surface area contributed by atoms with Crippen molar-refractivity contribution in [1.29, 1.82) is 0 Å². The Morgan fingerprint density at radius 1 is 1.10 bits per heavy atom. The summed E-state index contributed by atoms with van der Waals surface area (Å²) in [7, 11) is -4.13. The van der Waals surface area contributed by atoms with E-state index >= 15 is 0 Å². The van der Waals surface area contributed by atoms with Crippen molar-refractivity contribution in [2.75, 3.05) is 26.2 Å². The first-order valence-corrected chi connectivity index (χ1v) is 7.64. The molecule has 1 aromatic rings. The van der Waals surface area contributed by atoms with Gasteiger partial charge in [0.2, 0.25) is 10.0 Å². The van der Waals surface area contributed by atoms with Gasteiger partial charge in [-0.05, 0) is 25.1 Å². The average Bonchev–Trinajstić information content (AvgIpc) is 2.67. The lowest BCUT2D eigenvalue weighted by Gasteiger charge is -2.22. The third-order valence-corrected chi connectivity index (χ3v) is 5.07. The first-order chi connectivity index (χ1) is 9.33. The van der Waals surface area contributed by atoms with Gasteiger partial charge in [0.25, 0.3) is 0 Å². The van der Waals surface area contributed by atoms with Crippen LogP contribution in [0.2, 0.25) is 0 Å². The molecule has 0 radical (unpaired) electrons. The standard InChI is InChI=1S/C12H15F3N2O2S/c13-12(14,15)10-4-1-2-5-11(10)20(18,19)17-8-3-6-16-7-9-17/h1-2,4-5,16H,3,6-9H2. The van der Waals surface area contributed by atoms with Crippen molar-refractivity contribution >= 4 is 10.0 Å².